The van der Waals surface area contributed by atoms with Gasteiger partial charge in [-0.3, -0.25) is 24.7 Å². The zero-order valence-corrected chi connectivity index (χ0v) is 13.9. The first-order valence-electron chi connectivity index (χ1n) is 6.46. The number of nitrogens with zero attached hydrogens (tertiary/aromatic N) is 3. The van der Waals surface area contributed by atoms with Crippen LogP contribution in [0, 0.1) is 0 Å². The minimum absolute atomic E-state index is 0.00274. The Balaban J connectivity index is 1.89. The second-order valence-corrected chi connectivity index (χ2v) is 7.76. The van der Waals surface area contributed by atoms with Crippen molar-refractivity contribution in [1.82, 2.24) is 19.5 Å². The zero-order valence-electron chi connectivity index (χ0n) is 11.7. The second-order valence-electron chi connectivity index (χ2n) is 4.98. The molecule has 1 aliphatic heterocycles. The van der Waals surface area contributed by atoms with Crippen LogP contribution in [0.5, 0.6) is 0 Å². The lowest BCUT2D eigenvalue weighted by molar-refractivity contribution is -1.92. The minimum Gasteiger partial charge on any atom is -0.387 e. The molecule has 3 heterocycles. The number of nitrogen functional groups attached to an aromatic ring is 1. The molecule has 1 saturated heterocycles. The molecule has 0 saturated carbocycles. The number of rotatable bonds is 4. The molecule has 0 unspecified atom stereocenters. The maximum atomic E-state index is 11.7. The molecule has 24 heavy (non-hydrogen) atoms. The van der Waals surface area contributed by atoms with E-state index in [4.69, 9.17) is 10.5 Å². The van der Waals surface area contributed by atoms with E-state index >= 15 is 0 Å². The van der Waals surface area contributed by atoms with Crippen LogP contribution in [0.25, 0.3) is 11.2 Å². The standard InChI is InChI=1S/C10H12IN5O8/c12-10-14-7-4(8(19)15-10)13-2-16(7)9-6(18)5(17)3(24-9)1-23-11(20,21)22/h2-3,5-6,9,17-18H,1H2,(H3,12,14,15,19)/t3-,5-,6-,9-/m1/s1. The Kier molecular flexibility index (Phi) is 4.47. The molecule has 4 atom stereocenters. The SMILES string of the molecule is Nc1nc2c(ncn2[C@@H]2O[C@H](CO[I+3]([O-])([O-])[O-])[C@@H](O)[C@H]2O)c(=O)[nH]1. The van der Waals surface area contributed by atoms with Crippen LogP contribution in [-0.4, -0.2) is 54.7 Å². The Hall–Kier alpha value is -1.40. The highest BCUT2D eigenvalue weighted by Gasteiger charge is 2.47. The number of hydrogen-bond donors (Lipinski definition) is 4. The first-order chi connectivity index (χ1) is 11.2. The number of aliphatic hydroxyl groups excluding tert-OH is 2. The van der Waals surface area contributed by atoms with Gasteiger partial charge >= 0.3 is 20.1 Å². The van der Waals surface area contributed by atoms with Gasteiger partial charge in [-0.15, -0.1) is 0 Å². The molecule has 3 rings (SSSR count). The number of fused-ring (bicyclic) bond motifs is 1. The predicted octanol–water partition coefficient (Wildman–Crippen LogP) is -8.76. The van der Waals surface area contributed by atoms with Crippen molar-refractivity contribution in [1.29, 1.82) is 0 Å². The van der Waals surface area contributed by atoms with Gasteiger partial charge in [-0.05, 0) is 0 Å². The minimum atomic E-state index is -5.95. The molecule has 5 N–H and O–H groups in total. The van der Waals surface area contributed by atoms with Gasteiger partial charge in [0.2, 0.25) is 12.6 Å². The van der Waals surface area contributed by atoms with Crippen molar-refractivity contribution in [3.63, 3.8) is 0 Å². The van der Waals surface area contributed by atoms with Crippen molar-refractivity contribution >= 4 is 17.1 Å². The number of halogens is 1. The molecule has 1 fully saturated rings. The van der Waals surface area contributed by atoms with Crippen LogP contribution in [0.2, 0.25) is 0 Å². The highest BCUT2D eigenvalue weighted by molar-refractivity contribution is 5.70. The number of aromatic nitrogens is 4. The van der Waals surface area contributed by atoms with Crippen LogP contribution in [0.4, 0.5) is 5.95 Å². The summed E-state index contributed by atoms with van der Waals surface area (Å²) in [4.78, 5) is 21.7. The van der Waals surface area contributed by atoms with Crippen molar-refractivity contribution in [2.24, 2.45) is 0 Å². The molecule has 1 aliphatic rings. The van der Waals surface area contributed by atoms with Crippen LogP contribution in [0.15, 0.2) is 11.1 Å². The number of nitrogens with one attached hydrogen (secondary N) is 1. The fourth-order valence-corrected chi connectivity index (χ4v) is 3.16. The normalized spacial score (nSPS) is 27.9. The molecule has 0 radical (unpaired) electrons. The van der Waals surface area contributed by atoms with Gasteiger partial charge in [-0.25, -0.2) is 4.98 Å². The lowest BCUT2D eigenvalue weighted by Crippen LogP contribution is -4.24. The molecule has 0 amide bonds. The third-order valence-electron chi connectivity index (χ3n) is 3.42. The van der Waals surface area contributed by atoms with E-state index in [9.17, 15) is 25.3 Å². The summed E-state index contributed by atoms with van der Waals surface area (Å²) in [5, 5.41) is 20.0. The topological polar surface area (TPSA) is 218 Å². The van der Waals surface area contributed by atoms with E-state index in [0.29, 0.717) is 0 Å². The molecular weight excluding hydrogens is 445 g/mol. The number of imidazole rings is 1. The zero-order chi connectivity index (χ0) is 17.6. The summed E-state index contributed by atoms with van der Waals surface area (Å²) in [5.74, 6) is -0.191. The van der Waals surface area contributed by atoms with E-state index in [1.165, 1.54) is 0 Å². The van der Waals surface area contributed by atoms with Crippen molar-refractivity contribution in [2.75, 3.05) is 12.3 Å². The van der Waals surface area contributed by atoms with Gasteiger partial charge in [0.05, 0.1) is 6.33 Å². The Morgan fingerprint density at radius 2 is 2.12 bits per heavy atom. The number of ether oxygens (including phenoxy) is 1. The molecular formula is C10H12IN5O8. The Bertz CT molecular complexity index is 803. The summed E-state index contributed by atoms with van der Waals surface area (Å²) >= 11 is -5.95. The smallest absolute Gasteiger partial charge is 0.372 e. The number of anilines is 1. The monoisotopic (exact) mass is 457 g/mol. The third kappa shape index (κ3) is 3.22. The first kappa shape index (κ1) is 17.4. The van der Waals surface area contributed by atoms with E-state index in [1.54, 1.807) is 0 Å². The summed E-state index contributed by atoms with van der Waals surface area (Å²) in [6.45, 7) is -0.745. The van der Waals surface area contributed by atoms with Gasteiger partial charge < -0.3 is 20.7 Å². The van der Waals surface area contributed by atoms with Crippen LogP contribution < -0.4 is 41.7 Å². The quantitative estimate of drug-likeness (QED) is 0.316. The number of nitrogens with two attached hydrogens (primary N) is 1. The van der Waals surface area contributed by atoms with E-state index in [1.807, 2.05) is 0 Å². The molecule has 13 nitrogen and oxygen atoms in total. The van der Waals surface area contributed by atoms with Gasteiger partial charge in [0.15, 0.2) is 17.4 Å². The second kappa shape index (κ2) is 6.15. The fourth-order valence-electron chi connectivity index (χ4n) is 2.37. The number of hydrogen-bond acceptors (Lipinski definition) is 11. The van der Waals surface area contributed by atoms with Crippen molar-refractivity contribution in [2.45, 2.75) is 24.5 Å². The first-order valence-corrected chi connectivity index (χ1v) is 9.99. The highest BCUT2D eigenvalue weighted by atomic mass is 127. The average Bonchev–Trinajstić information content (AvgIpc) is 3.00. The van der Waals surface area contributed by atoms with Gasteiger partial charge in [0, 0.05) is 3.07 Å². The van der Waals surface area contributed by atoms with Gasteiger partial charge in [-0.1, -0.05) is 0 Å². The van der Waals surface area contributed by atoms with E-state index in [-0.39, 0.29) is 17.1 Å². The summed E-state index contributed by atoms with van der Waals surface area (Å²) in [6.07, 6.45) is -4.41. The summed E-state index contributed by atoms with van der Waals surface area (Å²) in [7, 11) is 0. The number of aliphatic hydroxyl groups is 2. The van der Waals surface area contributed by atoms with Crippen LogP contribution >= 0.6 is 0 Å². The predicted molar refractivity (Wildman–Crippen MR) is 64.4 cm³/mol. The molecule has 132 valence electrons. The van der Waals surface area contributed by atoms with Crippen LogP contribution in [0.1, 0.15) is 6.23 Å². The largest absolute Gasteiger partial charge is 0.387 e. The molecule has 2 aromatic rings. The molecule has 0 aliphatic carbocycles. The summed E-state index contributed by atoms with van der Waals surface area (Å²) in [6, 6.07) is 0. The maximum Gasteiger partial charge on any atom is 0.372 e. The van der Waals surface area contributed by atoms with Crippen molar-refractivity contribution in [3.05, 3.63) is 16.7 Å². The van der Waals surface area contributed by atoms with Gasteiger partial charge in [0.1, 0.15) is 18.3 Å². The molecule has 0 spiro atoms. The molecule has 14 heteroatoms. The third-order valence-corrected chi connectivity index (χ3v) is 4.55. The van der Waals surface area contributed by atoms with E-state index in [0.717, 1.165) is 10.9 Å². The van der Waals surface area contributed by atoms with Crippen molar-refractivity contribution in [3.8, 4) is 0 Å². The lowest BCUT2D eigenvalue weighted by Gasteiger charge is -2.16. The van der Waals surface area contributed by atoms with E-state index < -0.39 is 56.8 Å². The maximum absolute atomic E-state index is 11.7. The van der Waals surface area contributed by atoms with Gasteiger partial charge in [-0.2, -0.15) is 4.98 Å². The highest BCUT2D eigenvalue weighted by Crippen LogP contribution is 2.30. The number of H-pyrrole nitrogens is 1. The Morgan fingerprint density at radius 1 is 1.42 bits per heavy atom. The van der Waals surface area contributed by atoms with Crippen molar-refractivity contribution < 1.29 is 48.4 Å². The average molecular weight is 457 g/mol. The summed E-state index contributed by atoms with van der Waals surface area (Å²) < 4.78 is 42.4. The van der Waals surface area contributed by atoms with E-state index in [2.05, 4.69) is 18.0 Å². The molecule has 0 aromatic carbocycles. The van der Waals surface area contributed by atoms with Crippen LogP contribution in [-0.2, 0) is 7.80 Å². The lowest BCUT2D eigenvalue weighted by atomic mass is 10.1. The number of aromatic amines is 1. The molecule has 0 bridgehead atoms. The Morgan fingerprint density at radius 3 is 2.79 bits per heavy atom. The molecule has 2 aromatic heterocycles. The summed E-state index contributed by atoms with van der Waals surface area (Å²) in [5.41, 5.74) is 4.78. The van der Waals surface area contributed by atoms with Gasteiger partial charge in [0.25, 0.3) is 5.56 Å². The Labute approximate surface area is 139 Å². The fraction of sp³-hybridized carbons (Fsp3) is 0.500. The van der Waals surface area contributed by atoms with Crippen LogP contribution in [0.3, 0.4) is 0 Å².